The van der Waals surface area contributed by atoms with Crippen LogP contribution < -0.4 is 5.32 Å². The number of benzene rings is 9. The topological polar surface area (TPSA) is 66.6 Å². The Bertz CT molecular complexity index is 3670. The first kappa shape index (κ1) is 40.3. The van der Waals surface area contributed by atoms with Crippen molar-refractivity contribution in [3.05, 3.63) is 270 Å². The first-order chi connectivity index (χ1) is 33.6. The number of hydrogen-bond donors (Lipinski definition) is 2. The summed E-state index contributed by atoms with van der Waals surface area (Å²) in [4.78, 5) is 10.4. The molecule has 11 aromatic rings. The van der Waals surface area contributed by atoms with Crippen LogP contribution in [0.5, 0.6) is 0 Å². The van der Waals surface area contributed by atoms with Gasteiger partial charge < -0.3 is 9.88 Å². The van der Waals surface area contributed by atoms with E-state index in [9.17, 15) is 5.41 Å². The van der Waals surface area contributed by atoms with Gasteiger partial charge in [-0.05, 0) is 70.3 Å². The number of allylic oxidation sites excluding steroid dienone is 1. The van der Waals surface area contributed by atoms with E-state index in [-0.39, 0.29) is 0 Å². The molecule has 5 nitrogen and oxygen atoms in total. The van der Waals surface area contributed by atoms with Gasteiger partial charge in [-0.25, -0.2) is 9.97 Å². The summed E-state index contributed by atoms with van der Waals surface area (Å²) in [5, 5.41) is 15.9. The van der Waals surface area contributed by atoms with Crippen molar-refractivity contribution in [1.29, 1.82) is 5.41 Å². The number of rotatable bonds is 9. The van der Waals surface area contributed by atoms with Crippen LogP contribution in [0.1, 0.15) is 27.8 Å². The van der Waals surface area contributed by atoms with Crippen LogP contribution in [0.4, 0.5) is 0 Å². The molecular formula is C63H43N5. The maximum atomic E-state index is 9.62. The average Bonchev–Trinajstić information content (AvgIpc) is 3.76. The molecule has 1 aliphatic heterocycles. The van der Waals surface area contributed by atoms with Gasteiger partial charge in [0.25, 0.3) is 0 Å². The molecule has 68 heavy (non-hydrogen) atoms. The Labute approximate surface area is 395 Å². The second kappa shape index (κ2) is 17.3. The molecule has 0 saturated heterocycles. The van der Waals surface area contributed by atoms with Crippen molar-refractivity contribution in [2.24, 2.45) is 0 Å². The lowest BCUT2D eigenvalue weighted by atomic mass is 9.87. The minimum absolute atomic E-state index is 0.456. The zero-order valence-electron chi connectivity index (χ0n) is 37.0. The van der Waals surface area contributed by atoms with Crippen molar-refractivity contribution in [2.75, 3.05) is 0 Å². The van der Waals surface area contributed by atoms with Crippen LogP contribution in [-0.2, 0) is 0 Å². The molecule has 1 aliphatic rings. The smallest absolute Gasteiger partial charge is 0.160 e. The molecule has 0 saturated carbocycles. The SMILES string of the molecule is N=C(/C(=C1\NC(c2ccccc2)=Cc2cc(-c3ccc(-c4nc(-c5ccccc5)cc(-c5ccc(-n6c7ccccc7c7ccccc76)cc5)n4)cc3)ccc21)c1ccccc1)c1ccccc1. The van der Waals surface area contributed by atoms with Gasteiger partial charge in [-0.2, -0.15) is 0 Å². The van der Waals surface area contributed by atoms with Crippen LogP contribution in [-0.4, -0.2) is 20.2 Å². The maximum Gasteiger partial charge on any atom is 0.160 e. The molecule has 0 unspecified atom stereocenters. The zero-order chi connectivity index (χ0) is 45.4. The van der Waals surface area contributed by atoms with Crippen molar-refractivity contribution in [3.8, 4) is 50.7 Å². The molecule has 0 bridgehead atoms. The van der Waals surface area contributed by atoms with E-state index in [0.29, 0.717) is 11.5 Å². The van der Waals surface area contributed by atoms with Crippen LogP contribution in [0.2, 0.25) is 0 Å². The molecule has 3 heterocycles. The summed E-state index contributed by atoms with van der Waals surface area (Å²) in [5.41, 5.74) is 18.5. The largest absolute Gasteiger partial charge is 0.354 e. The third-order valence-electron chi connectivity index (χ3n) is 12.9. The van der Waals surface area contributed by atoms with E-state index in [1.54, 1.807) is 0 Å². The molecule has 0 spiro atoms. The highest BCUT2D eigenvalue weighted by Crippen LogP contribution is 2.39. The van der Waals surface area contributed by atoms with Crippen LogP contribution in [0.3, 0.4) is 0 Å². The molecule has 320 valence electrons. The fraction of sp³-hybridized carbons (Fsp3) is 0. The summed E-state index contributed by atoms with van der Waals surface area (Å²) in [6.45, 7) is 0. The van der Waals surface area contributed by atoms with E-state index in [1.165, 1.54) is 21.8 Å². The summed E-state index contributed by atoms with van der Waals surface area (Å²) in [6, 6.07) is 84.2. The first-order valence-corrected chi connectivity index (χ1v) is 22.9. The highest BCUT2D eigenvalue weighted by Gasteiger charge is 2.24. The molecule has 0 atom stereocenters. The predicted molar refractivity (Wildman–Crippen MR) is 282 cm³/mol. The van der Waals surface area contributed by atoms with Crippen molar-refractivity contribution in [1.82, 2.24) is 19.9 Å². The number of nitrogens with one attached hydrogen (secondary N) is 2. The molecule has 2 N–H and O–H groups in total. The lowest BCUT2D eigenvalue weighted by Gasteiger charge is -2.26. The Morgan fingerprint density at radius 1 is 0.412 bits per heavy atom. The molecule has 2 aromatic heterocycles. The summed E-state index contributed by atoms with van der Waals surface area (Å²) in [5.74, 6) is 0.662. The van der Waals surface area contributed by atoms with E-state index >= 15 is 0 Å². The van der Waals surface area contributed by atoms with Gasteiger partial charge in [0.1, 0.15) is 0 Å². The molecule has 9 aromatic carbocycles. The van der Waals surface area contributed by atoms with Crippen LogP contribution in [0, 0.1) is 5.41 Å². The fourth-order valence-corrected chi connectivity index (χ4v) is 9.50. The highest BCUT2D eigenvalue weighted by molar-refractivity contribution is 6.36. The van der Waals surface area contributed by atoms with Gasteiger partial charge in [0.2, 0.25) is 0 Å². The predicted octanol–water partition coefficient (Wildman–Crippen LogP) is 15.3. The number of hydrogen-bond acceptors (Lipinski definition) is 4. The Hall–Kier alpha value is -9.19. The standard InChI is InChI=1S/C63H43N5/c64-61(47-23-11-4-12-24-47)60(46-21-9-3-10-22-46)62-52-38-35-49(39-50(52)40-55(65-62)43-17-5-1-6-18-43)42-29-31-48(32-30-42)63-66-56(44-19-7-2-8-20-44)41-57(67-63)45-33-36-51(37-34-45)68-58-27-15-13-25-53(58)54-26-14-16-28-59(54)68/h1-41,64-65H/b62-60-,64-61?. The average molecular weight is 870 g/mol. The minimum atomic E-state index is 0.456. The molecule has 0 amide bonds. The van der Waals surface area contributed by atoms with Crippen molar-refractivity contribution in [3.63, 3.8) is 0 Å². The number of fused-ring (bicyclic) bond motifs is 4. The summed E-state index contributed by atoms with van der Waals surface area (Å²) < 4.78 is 2.34. The van der Waals surface area contributed by atoms with Crippen molar-refractivity contribution in [2.45, 2.75) is 0 Å². The summed E-state index contributed by atoms with van der Waals surface area (Å²) in [7, 11) is 0. The second-order valence-electron chi connectivity index (χ2n) is 17.0. The maximum absolute atomic E-state index is 9.62. The Kier molecular flexibility index (Phi) is 10.3. The van der Waals surface area contributed by atoms with Gasteiger partial charge in [-0.1, -0.05) is 206 Å². The third kappa shape index (κ3) is 7.48. The molecule has 12 rings (SSSR count). The lowest BCUT2D eigenvalue weighted by molar-refractivity contribution is 1.17. The van der Waals surface area contributed by atoms with Gasteiger partial charge in [0.15, 0.2) is 5.82 Å². The quantitative estimate of drug-likeness (QED) is 0.142. The minimum Gasteiger partial charge on any atom is -0.354 e. The van der Waals surface area contributed by atoms with Gasteiger partial charge in [0, 0.05) is 55.5 Å². The van der Waals surface area contributed by atoms with E-state index in [0.717, 1.165) is 89.7 Å². The van der Waals surface area contributed by atoms with Gasteiger partial charge >= 0.3 is 0 Å². The van der Waals surface area contributed by atoms with E-state index in [1.807, 2.05) is 72.8 Å². The molecular weight excluding hydrogens is 827 g/mol. The van der Waals surface area contributed by atoms with Crippen molar-refractivity contribution < 1.29 is 0 Å². The van der Waals surface area contributed by atoms with Crippen LogP contribution in [0.15, 0.2) is 243 Å². The number of para-hydroxylation sites is 2. The molecule has 5 heteroatoms. The van der Waals surface area contributed by atoms with Crippen molar-refractivity contribution >= 4 is 50.6 Å². The van der Waals surface area contributed by atoms with Gasteiger partial charge in [-0.3, -0.25) is 5.41 Å². The van der Waals surface area contributed by atoms with Gasteiger partial charge in [0.05, 0.1) is 33.8 Å². The second-order valence-corrected chi connectivity index (χ2v) is 17.0. The summed E-state index contributed by atoms with van der Waals surface area (Å²) >= 11 is 0. The highest BCUT2D eigenvalue weighted by atomic mass is 15.0. The Morgan fingerprint density at radius 2 is 0.897 bits per heavy atom. The van der Waals surface area contributed by atoms with Gasteiger partial charge in [-0.15, -0.1) is 0 Å². The summed E-state index contributed by atoms with van der Waals surface area (Å²) in [6.07, 6.45) is 2.22. The zero-order valence-corrected chi connectivity index (χ0v) is 37.0. The van der Waals surface area contributed by atoms with E-state index in [2.05, 4.69) is 186 Å². The first-order valence-electron chi connectivity index (χ1n) is 22.9. The Morgan fingerprint density at radius 3 is 1.51 bits per heavy atom. The molecule has 0 aliphatic carbocycles. The molecule has 0 fully saturated rings. The normalized spacial score (nSPS) is 12.9. The number of aromatic nitrogens is 3. The van der Waals surface area contributed by atoms with Crippen LogP contribution >= 0.6 is 0 Å². The van der Waals surface area contributed by atoms with E-state index < -0.39 is 0 Å². The monoisotopic (exact) mass is 869 g/mol. The lowest BCUT2D eigenvalue weighted by Crippen LogP contribution is -2.20. The van der Waals surface area contributed by atoms with E-state index in [4.69, 9.17) is 9.97 Å². The van der Waals surface area contributed by atoms with Crippen LogP contribution in [0.25, 0.3) is 95.6 Å². The fourth-order valence-electron chi connectivity index (χ4n) is 9.50. The third-order valence-corrected chi connectivity index (χ3v) is 12.9. The Balaban J connectivity index is 0.924. The molecule has 0 radical (unpaired) electrons. The number of nitrogens with zero attached hydrogens (tertiary/aromatic N) is 3.